The first kappa shape index (κ1) is 20.7. The summed E-state index contributed by atoms with van der Waals surface area (Å²) >= 11 is 0. The number of hydrogen-bond acceptors (Lipinski definition) is 8. The molecule has 3 rings (SSSR count). The summed E-state index contributed by atoms with van der Waals surface area (Å²) in [6, 6.07) is -0.323. The van der Waals surface area contributed by atoms with E-state index >= 15 is 0 Å². The molecule has 0 aliphatic carbocycles. The summed E-state index contributed by atoms with van der Waals surface area (Å²) in [7, 11) is 9.15. The number of aromatic nitrogens is 3. The largest absolute Gasteiger partial charge is 0.382 e. The lowest BCUT2D eigenvalue weighted by atomic mass is 9.96. The lowest BCUT2D eigenvalue weighted by Gasteiger charge is -2.17. The van der Waals surface area contributed by atoms with Crippen molar-refractivity contribution in [1.29, 1.82) is 0 Å². The van der Waals surface area contributed by atoms with Crippen molar-refractivity contribution in [3.63, 3.8) is 0 Å². The van der Waals surface area contributed by atoms with Gasteiger partial charge in [-0.05, 0) is 13.3 Å². The quantitative estimate of drug-likeness (QED) is 0.534. The maximum Gasteiger partial charge on any atom is 0.141 e. The third-order valence-corrected chi connectivity index (χ3v) is 4.79. The fraction of sp³-hybridized carbons (Fsp3) is 0.882. The van der Waals surface area contributed by atoms with Crippen LogP contribution in [0.2, 0.25) is 0 Å². The number of hydrogen-bond donors (Lipinski definition) is 0. The zero-order valence-corrected chi connectivity index (χ0v) is 16.2. The predicted octanol–water partition coefficient (Wildman–Crippen LogP) is 0.260. The Bertz CT molecular complexity index is 577. The molecule has 0 N–H and O–H groups in total. The smallest absolute Gasteiger partial charge is 0.141 e. The van der Waals surface area contributed by atoms with E-state index in [1.54, 1.807) is 25.1 Å². The van der Waals surface area contributed by atoms with E-state index in [-0.39, 0.29) is 36.5 Å². The normalized spacial score (nSPS) is 33.7. The summed E-state index contributed by atoms with van der Waals surface area (Å²) in [5, 5.41) is 8.17. The van der Waals surface area contributed by atoms with Crippen molar-refractivity contribution in [3.05, 3.63) is 11.9 Å². The van der Waals surface area contributed by atoms with Gasteiger partial charge in [0.05, 0.1) is 44.3 Å². The van der Waals surface area contributed by atoms with Crippen LogP contribution in [-0.2, 0) is 41.8 Å². The van der Waals surface area contributed by atoms with Gasteiger partial charge >= 0.3 is 0 Å². The third kappa shape index (κ3) is 5.72. The Balaban J connectivity index is 1.39. The van der Waals surface area contributed by atoms with Crippen LogP contribution in [0.5, 0.6) is 0 Å². The van der Waals surface area contributed by atoms with Crippen LogP contribution in [0.3, 0.4) is 0 Å². The van der Waals surface area contributed by atoms with Gasteiger partial charge in [-0.3, -0.25) is 0 Å². The highest BCUT2D eigenvalue weighted by molar-refractivity contribution is 6.11. The first-order valence-electron chi connectivity index (χ1n) is 9.25. The van der Waals surface area contributed by atoms with E-state index in [2.05, 4.69) is 10.3 Å². The fourth-order valence-electron chi connectivity index (χ4n) is 3.47. The minimum Gasteiger partial charge on any atom is -0.382 e. The molecule has 2 saturated heterocycles. The van der Waals surface area contributed by atoms with Crippen LogP contribution >= 0.6 is 0 Å². The molecular formula is C17H28BN3O6. The standard InChI is InChI=1S/C17H28BN3O6/c1-11-4-13(23-3)16(26-11)9-24-10-21-6-12(19-20-21)7-25-14-5-17(18)27-15(14)8-22-2/h6,11,13-17H,4-5,7-10H2,1-3H3/t11-,13?,14?,15+,16+,17+/m0/s1. The van der Waals surface area contributed by atoms with Crippen LogP contribution in [-0.4, -0.2) is 86.8 Å². The Hall–Kier alpha value is -1.04. The minimum atomic E-state index is -0.323. The highest BCUT2D eigenvalue weighted by Gasteiger charge is 2.34. The van der Waals surface area contributed by atoms with E-state index in [9.17, 15) is 0 Å². The zero-order valence-electron chi connectivity index (χ0n) is 16.2. The molecule has 0 amide bonds. The molecule has 2 aliphatic rings. The summed E-state index contributed by atoms with van der Waals surface area (Å²) in [5.74, 6) is 0. The van der Waals surface area contributed by atoms with E-state index in [1.807, 2.05) is 6.92 Å². The Labute approximate surface area is 161 Å². The van der Waals surface area contributed by atoms with Crippen molar-refractivity contribution in [1.82, 2.24) is 15.0 Å². The van der Waals surface area contributed by atoms with Gasteiger partial charge in [0, 0.05) is 26.6 Å². The van der Waals surface area contributed by atoms with Gasteiger partial charge in [-0.1, -0.05) is 5.21 Å². The van der Waals surface area contributed by atoms with Crippen molar-refractivity contribution in [2.45, 2.75) is 69.6 Å². The molecule has 0 aromatic carbocycles. The van der Waals surface area contributed by atoms with Gasteiger partial charge in [-0.25, -0.2) is 4.68 Å². The van der Waals surface area contributed by atoms with Gasteiger partial charge in [0.2, 0.25) is 0 Å². The Morgan fingerprint density at radius 3 is 2.78 bits per heavy atom. The number of methoxy groups -OCH3 is 2. The lowest BCUT2D eigenvalue weighted by molar-refractivity contribution is -0.0659. The average molecular weight is 381 g/mol. The van der Waals surface area contributed by atoms with Gasteiger partial charge in [-0.2, -0.15) is 0 Å². The molecule has 3 heterocycles. The van der Waals surface area contributed by atoms with E-state index in [0.717, 1.165) is 12.1 Å². The van der Waals surface area contributed by atoms with E-state index < -0.39 is 0 Å². The van der Waals surface area contributed by atoms with Crippen molar-refractivity contribution in [3.8, 4) is 0 Å². The van der Waals surface area contributed by atoms with E-state index in [4.69, 9.17) is 36.3 Å². The predicted molar refractivity (Wildman–Crippen MR) is 95.2 cm³/mol. The monoisotopic (exact) mass is 381 g/mol. The maximum absolute atomic E-state index is 5.89. The molecule has 9 nitrogen and oxygen atoms in total. The topological polar surface area (TPSA) is 86.1 Å². The summed E-state index contributed by atoms with van der Waals surface area (Å²) in [5.41, 5.74) is 0.718. The van der Waals surface area contributed by atoms with Crippen LogP contribution in [0.4, 0.5) is 0 Å². The van der Waals surface area contributed by atoms with Crippen molar-refractivity contribution in [2.24, 2.45) is 0 Å². The van der Waals surface area contributed by atoms with Gasteiger partial charge in [0.25, 0.3) is 0 Å². The first-order chi connectivity index (χ1) is 13.1. The molecular weight excluding hydrogens is 353 g/mol. The van der Waals surface area contributed by atoms with Crippen LogP contribution in [0.15, 0.2) is 6.20 Å². The molecule has 0 bridgehead atoms. The van der Waals surface area contributed by atoms with Gasteiger partial charge in [-0.15, -0.1) is 5.10 Å². The maximum atomic E-state index is 5.89. The van der Waals surface area contributed by atoms with E-state index in [0.29, 0.717) is 33.0 Å². The summed E-state index contributed by atoms with van der Waals surface area (Å²) in [4.78, 5) is 0. The fourth-order valence-corrected chi connectivity index (χ4v) is 3.47. The Morgan fingerprint density at radius 2 is 2.00 bits per heavy atom. The van der Waals surface area contributed by atoms with Crippen LogP contribution in [0.25, 0.3) is 0 Å². The number of ether oxygens (including phenoxy) is 6. The molecule has 2 aliphatic heterocycles. The average Bonchev–Trinajstić information content (AvgIpc) is 3.33. The molecule has 6 atom stereocenters. The molecule has 27 heavy (non-hydrogen) atoms. The van der Waals surface area contributed by atoms with E-state index in [1.165, 1.54) is 0 Å². The lowest BCUT2D eigenvalue weighted by Crippen LogP contribution is -2.28. The van der Waals surface area contributed by atoms with Crippen LogP contribution in [0.1, 0.15) is 25.5 Å². The molecule has 10 heteroatoms. The second kappa shape index (κ2) is 9.95. The van der Waals surface area contributed by atoms with Gasteiger partial charge in [0.1, 0.15) is 32.5 Å². The second-order valence-corrected chi connectivity index (χ2v) is 7.00. The third-order valence-electron chi connectivity index (χ3n) is 4.79. The number of nitrogens with zero attached hydrogens (tertiary/aromatic N) is 3. The van der Waals surface area contributed by atoms with Crippen molar-refractivity contribution in [2.75, 3.05) is 27.4 Å². The molecule has 2 fully saturated rings. The molecule has 0 spiro atoms. The molecule has 1 aromatic heterocycles. The summed E-state index contributed by atoms with van der Waals surface area (Å²) in [6.45, 7) is 3.56. The molecule has 2 unspecified atom stereocenters. The Morgan fingerprint density at radius 1 is 1.19 bits per heavy atom. The summed E-state index contributed by atoms with van der Waals surface area (Å²) < 4.78 is 35.2. The van der Waals surface area contributed by atoms with Crippen molar-refractivity contribution >= 4 is 7.85 Å². The van der Waals surface area contributed by atoms with Crippen LogP contribution in [0, 0.1) is 0 Å². The number of rotatable bonds is 10. The van der Waals surface area contributed by atoms with Gasteiger partial charge in [0.15, 0.2) is 0 Å². The molecule has 1 aromatic rings. The van der Waals surface area contributed by atoms with Crippen LogP contribution < -0.4 is 0 Å². The highest BCUT2D eigenvalue weighted by atomic mass is 16.6. The van der Waals surface area contributed by atoms with Gasteiger partial charge < -0.3 is 28.4 Å². The minimum absolute atomic E-state index is 0.0550. The highest BCUT2D eigenvalue weighted by Crippen LogP contribution is 2.23. The first-order valence-corrected chi connectivity index (χ1v) is 9.25. The second-order valence-electron chi connectivity index (χ2n) is 7.00. The summed E-state index contributed by atoms with van der Waals surface area (Å²) in [6.07, 6.45) is 3.24. The SMILES string of the molecule is [B][C@H]1CC(OCc2cn(COC[C@H]3O[C@@H](C)CC3OC)nn2)[C@@H](COC)O1. The zero-order chi connectivity index (χ0) is 19.2. The Kier molecular flexibility index (Phi) is 7.62. The van der Waals surface area contributed by atoms with Crippen molar-refractivity contribution < 1.29 is 28.4 Å². The molecule has 150 valence electrons. The molecule has 0 saturated carbocycles. The molecule has 2 radical (unpaired) electrons.